The van der Waals surface area contributed by atoms with Gasteiger partial charge in [0.25, 0.3) is 0 Å². The Kier molecular flexibility index (Phi) is 6.95. The Morgan fingerprint density at radius 1 is 1.07 bits per heavy atom. The number of quaternary nitrogens is 1. The summed E-state index contributed by atoms with van der Waals surface area (Å²) in [6, 6.07) is 11.8. The molecule has 29 heavy (non-hydrogen) atoms. The zero-order valence-corrected chi connectivity index (χ0v) is 18.4. The number of hydrogen-bond donors (Lipinski definition) is 2. The molecule has 0 saturated carbocycles. The van der Waals surface area contributed by atoms with Crippen LogP contribution in [0.1, 0.15) is 28.3 Å². The molecular weight excluding hydrogens is 388 g/mol. The van der Waals surface area contributed by atoms with Crippen molar-refractivity contribution in [1.29, 1.82) is 0 Å². The lowest BCUT2D eigenvalue weighted by molar-refractivity contribution is -0.937. The molecule has 1 saturated heterocycles. The Labute approximate surface area is 173 Å². The van der Waals surface area contributed by atoms with Gasteiger partial charge in [-0.25, -0.2) is 13.1 Å². The maximum absolute atomic E-state index is 13.1. The molecule has 0 radical (unpaired) electrons. The number of aryl methyl sites for hydroxylation is 3. The van der Waals surface area contributed by atoms with Crippen LogP contribution in [0.5, 0.6) is 5.75 Å². The summed E-state index contributed by atoms with van der Waals surface area (Å²) in [5, 5.41) is 0. The molecule has 158 valence electrons. The molecule has 1 atom stereocenters. The first-order valence-corrected chi connectivity index (χ1v) is 11.4. The topological polar surface area (TPSA) is 69.1 Å². The molecule has 6 nitrogen and oxygen atoms in total. The summed E-state index contributed by atoms with van der Waals surface area (Å²) in [6.07, 6.45) is 0. The van der Waals surface area contributed by atoms with Gasteiger partial charge >= 0.3 is 0 Å². The van der Waals surface area contributed by atoms with E-state index in [0.29, 0.717) is 25.5 Å². The Hall–Kier alpha value is -1.93. The highest BCUT2D eigenvalue weighted by Crippen LogP contribution is 2.27. The quantitative estimate of drug-likeness (QED) is 0.715. The molecule has 0 spiro atoms. The van der Waals surface area contributed by atoms with Crippen LogP contribution in [0.2, 0.25) is 0 Å². The summed E-state index contributed by atoms with van der Waals surface area (Å²) in [5.41, 5.74) is 4.23. The van der Waals surface area contributed by atoms with E-state index >= 15 is 0 Å². The standard InChI is InChI=1S/C22H30N2O4S/c1-16-5-7-19(8-6-16)20(24-9-11-28-12-10-24)15-23-29(25,26)22-14-18(3)17(2)13-21(22)27-4/h5-8,13-14,20,23H,9-12,15H2,1-4H3/p+1/t20-/m0/s1. The molecule has 2 aromatic rings. The fraction of sp³-hybridized carbons (Fsp3) is 0.455. The van der Waals surface area contributed by atoms with Crippen molar-refractivity contribution in [1.82, 2.24) is 4.72 Å². The van der Waals surface area contributed by atoms with E-state index in [1.807, 2.05) is 13.8 Å². The highest BCUT2D eigenvalue weighted by molar-refractivity contribution is 7.89. The first-order chi connectivity index (χ1) is 13.8. The average molecular weight is 420 g/mol. The van der Waals surface area contributed by atoms with Gasteiger partial charge in [0.1, 0.15) is 29.8 Å². The first kappa shape index (κ1) is 21.8. The smallest absolute Gasteiger partial charge is 0.244 e. The molecule has 0 aromatic heterocycles. The van der Waals surface area contributed by atoms with Gasteiger partial charge in [-0.1, -0.05) is 29.8 Å². The van der Waals surface area contributed by atoms with Crippen molar-refractivity contribution in [3.63, 3.8) is 0 Å². The fourth-order valence-electron chi connectivity index (χ4n) is 3.68. The third kappa shape index (κ3) is 5.17. The maximum atomic E-state index is 13.1. The largest absolute Gasteiger partial charge is 0.495 e. The van der Waals surface area contributed by atoms with Gasteiger partial charge < -0.3 is 14.4 Å². The van der Waals surface area contributed by atoms with Gasteiger partial charge in [-0.05, 0) is 44.0 Å². The van der Waals surface area contributed by atoms with E-state index in [4.69, 9.17) is 9.47 Å². The molecule has 1 aliphatic heterocycles. The van der Waals surface area contributed by atoms with Gasteiger partial charge in [-0.15, -0.1) is 0 Å². The molecule has 1 fully saturated rings. The van der Waals surface area contributed by atoms with E-state index in [9.17, 15) is 8.42 Å². The monoisotopic (exact) mass is 419 g/mol. The van der Waals surface area contributed by atoms with Crippen LogP contribution < -0.4 is 14.4 Å². The van der Waals surface area contributed by atoms with Crippen molar-refractivity contribution in [2.45, 2.75) is 31.7 Å². The number of methoxy groups -OCH3 is 1. The van der Waals surface area contributed by atoms with Crippen LogP contribution in [-0.4, -0.2) is 48.4 Å². The molecule has 7 heteroatoms. The van der Waals surface area contributed by atoms with Gasteiger partial charge in [-0.3, -0.25) is 0 Å². The molecule has 0 amide bonds. The lowest BCUT2D eigenvalue weighted by Gasteiger charge is -2.32. The second-order valence-electron chi connectivity index (χ2n) is 7.67. The number of rotatable bonds is 7. The predicted octanol–water partition coefficient (Wildman–Crippen LogP) is 1.56. The summed E-state index contributed by atoms with van der Waals surface area (Å²) in [7, 11) is -2.22. The van der Waals surface area contributed by atoms with Crippen LogP contribution in [0.4, 0.5) is 0 Å². The number of hydrogen-bond acceptors (Lipinski definition) is 4. The summed E-state index contributed by atoms with van der Waals surface area (Å²) in [5.74, 6) is 0.367. The average Bonchev–Trinajstić information content (AvgIpc) is 2.71. The minimum Gasteiger partial charge on any atom is -0.495 e. The fourth-order valence-corrected chi connectivity index (χ4v) is 4.96. The van der Waals surface area contributed by atoms with Gasteiger partial charge in [-0.2, -0.15) is 0 Å². The van der Waals surface area contributed by atoms with Crippen LogP contribution in [0.25, 0.3) is 0 Å². The van der Waals surface area contributed by atoms with Gasteiger partial charge in [0, 0.05) is 5.56 Å². The summed E-state index contributed by atoms with van der Waals surface area (Å²) < 4.78 is 39.9. The van der Waals surface area contributed by atoms with E-state index in [0.717, 1.165) is 29.8 Å². The highest BCUT2D eigenvalue weighted by atomic mass is 32.2. The number of nitrogens with one attached hydrogen (secondary N) is 2. The van der Waals surface area contributed by atoms with Crippen LogP contribution in [0.15, 0.2) is 41.3 Å². The third-order valence-corrected chi connectivity index (χ3v) is 7.10. The van der Waals surface area contributed by atoms with Crippen molar-refractivity contribution in [2.75, 3.05) is 40.0 Å². The number of morpholine rings is 1. The second kappa shape index (κ2) is 9.26. The van der Waals surface area contributed by atoms with E-state index in [2.05, 4.69) is 35.9 Å². The summed E-state index contributed by atoms with van der Waals surface area (Å²) >= 11 is 0. The van der Waals surface area contributed by atoms with Crippen molar-refractivity contribution < 1.29 is 22.8 Å². The Balaban J connectivity index is 1.86. The number of ether oxygens (including phenoxy) is 2. The summed E-state index contributed by atoms with van der Waals surface area (Å²) in [4.78, 5) is 1.51. The number of sulfonamides is 1. The Morgan fingerprint density at radius 3 is 2.31 bits per heavy atom. The molecule has 2 aromatic carbocycles. The second-order valence-corrected chi connectivity index (χ2v) is 9.41. The normalized spacial score (nSPS) is 16.6. The predicted molar refractivity (Wildman–Crippen MR) is 113 cm³/mol. The highest BCUT2D eigenvalue weighted by Gasteiger charge is 2.29. The summed E-state index contributed by atoms with van der Waals surface area (Å²) in [6.45, 7) is 9.30. The van der Waals surface area contributed by atoms with E-state index in [1.165, 1.54) is 17.6 Å². The van der Waals surface area contributed by atoms with Gasteiger partial charge in [0.05, 0.1) is 26.9 Å². The molecule has 1 aliphatic rings. The minimum absolute atomic E-state index is 0.0202. The zero-order valence-electron chi connectivity index (χ0n) is 17.6. The van der Waals surface area contributed by atoms with E-state index in [1.54, 1.807) is 12.1 Å². The molecule has 1 heterocycles. The maximum Gasteiger partial charge on any atom is 0.244 e. The number of benzene rings is 2. The van der Waals surface area contributed by atoms with E-state index < -0.39 is 10.0 Å². The SMILES string of the molecule is COc1cc(C)c(C)cc1S(=O)(=O)NC[C@@H](c1ccc(C)cc1)[NH+]1CCOCC1. The van der Waals surface area contributed by atoms with Crippen LogP contribution in [0, 0.1) is 20.8 Å². The van der Waals surface area contributed by atoms with Crippen LogP contribution in [0.3, 0.4) is 0 Å². The molecule has 3 rings (SSSR count). The van der Waals surface area contributed by atoms with E-state index in [-0.39, 0.29) is 10.9 Å². The van der Waals surface area contributed by atoms with Crippen molar-refractivity contribution >= 4 is 10.0 Å². The van der Waals surface area contributed by atoms with Gasteiger partial charge in [0.2, 0.25) is 10.0 Å². The minimum atomic E-state index is -3.71. The van der Waals surface area contributed by atoms with Crippen molar-refractivity contribution in [2.24, 2.45) is 0 Å². The van der Waals surface area contributed by atoms with Gasteiger partial charge in [0.15, 0.2) is 0 Å². The molecule has 0 bridgehead atoms. The lowest BCUT2D eigenvalue weighted by atomic mass is 10.0. The van der Waals surface area contributed by atoms with Crippen molar-refractivity contribution in [3.8, 4) is 5.75 Å². The zero-order chi connectivity index (χ0) is 21.0. The Bertz CT molecular complexity index is 936. The molecule has 2 N–H and O–H groups in total. The molecular formula is C22H31N2O4S+. The van der Waals surface area contributed by atoms with Crippen molar-refractivity contribution in [3.05, 3.63) is 58.7 Å². The lowest BCUT2D eigenvalue weighted by Crippen LogP contribution is -3.15. The van der Waals surface area contributed by atoms with Crippen LogP contribution in [-0.2, 0) is 14.8 Å². The third-order valence-electron chi connectivity index (χ3n) is 5.65. The first-order valence-electron chi connectivity index (χ1n) is 9.95. The Morgan fingerprint density at radius 2 is 1.69 bits per heavy atom. The molecule has 0 unspecified atom stereocenters. The molecule has 0 aliphatic carbocycles. The van der Waals surface area contributed by atoms with Crippen LogP contribution >= 0.6 is 0 Å².